The number of imide groups is 1. The Hall–Kier alpha value is -2.81. The minimum Gasteiger partial charge on any atom is -0.491 e. The number of aliphatic imine (C=N–C) groups is 1. The number of fused-ring (bicyclic) bond motifs is 1. The summed E-state index contributed by atoms with van der Waals surface area (Å²) in [6, 6.07) is 8.42. The van der Waals surface area contributed by atoms with Crippen molar-refractivity contribution >= 4 is 17.9 Å². The Balaban J connectivity index is 1.47. The highest BCUT2D eigenvalue weighted by molar-refractivity contribution is 6.03. The normalized spacial score (nSPS) is 25.5. The van der Waals surface area contributed by atoms with Gasteiger partial charge >= 0.3 is 6.03 Å². The molecule has 2 aliphatic heterocycles. The maximum Gasteiger partial charge on any atom is 0.325 e. The lowest BCUT2D eigenvalue weighted by Gasteiger charge is -2.37. The van der Waals surface area contributed by atoms with Crippen molar-refractivity contribution in [3.05, 3.63) is 30.3 Å². The Morgan fingerprint density at radius 3 is 2.70 bits per heavy atom. The maximum absolute atomic E-state index is 12.6. The van der Waals surface area contributed by atoms with Crippen LogP contribution in [0.2, 0.25) is 0 Å². The highest BCUT2D eigenvalue weighted by Gasteiger charge is 2.49. The summed E-state index contributed by atoms with van der Waals surface area (Å²) in [5.74, 6) is 0.835. The molecule has 3 aliphatic rings. The number of nitrogens with zero attached hydrogens (tertiary/aromatic N) is 3. The number of carbonyl (C=O) groups is 2. The molecule has 1 aromatic carbocycles. The first-order valence-corrected chi connectivity index (χ1v) is 10.6. The van der Waals surface area contributed by atoms with Crippen LogP contribution in [0.1, 0.15) is 32.1 Å². The third kappa shape index (κ3) is 4.35. The smallest absolute Gasteiger partial charge is 0.325 e. The molecule has 0 radical (unpaired) electrons. The molecule has 1 saturated carbocycles. The quantitative estimate of drug-likeness (QED) is 0.637. The number of amides is 3. The Labute approximate surface area is 176 Å². The molecule has 0 bridgehead atoms. The van der Waals surface area contributed by atoms with Gasteiger partial charge in [0.05, 0.1) is 6.54 Å². The van der Waals surface area contributed by atoms with Gasteiger partial charge in [-0.15, -0.1) is 0 Å². The molecule has 4 rings (SSSR count). The maximum atomic E-state index is 12.6. The zero-order chi connectivity index (χ0) is 21.1. The van der Waals surface area contributed by atoms with Crippen molar-refractivity contribution in [1.82, 2.24) is 20.4 Å². The second kappa shape index (κ2) is 8.91. The number of hydrogen-bond acceptors (Lipinski definition) is 7. The number of ether oxygens (including phenoxy) is 1. The van der Waals surface area contributed by atoms with Crippen molar-refractivity contribution in [2.45, 2.75) is 56.5 Å². The molecule has 162 valence electrons. The lowest BCUT2D eigenvalue weighted by Crippen LogP contribution is -2.65. The number of likely N-dealkylation sites (N-methyl/N-ethyl adjacent to an activating group) is 1. The Morgan fingerprint density at radius 2 is 1.97 bits per heavy atom. The summed E-state index contributed by atoms with van der Waals surface area (Å²) in [7, 11) is 1.62. The summed E-state index contributed by atoms with van der Waals surface area (Å²) in [4.78, 5) is 32.5. The summed E-state index contributed by atoms with van der Waals surface area (Å²) in [6.07, 6.45) is 4.19. The summed E-state index contributed by atoms with van der Waals surface area (Å²) < 4.78 is 5.66. The van der Waals surface area contributed by atoms with E-state index in [-0.39, 0.29) is 19.2 Å². The number of aliphatic hydroxyl groups excluding tert-OH is 1. The number of β-amino-alcohol motifs (C(OH)–C–C–N with tert-alkyl or cyclic N) is 1. The molecule has 3 amide bonds. The Kier molecular flexibility index (Phi) is 6.08. The van der Waals surface area contributed by atoms with Gasteiger partial charge in [0.25, 0.3) is 5.91 Å². The average molecular weight is 415 g/mol. The summed E-state index contributed by atoms with van der Waals surface area (Å²) in [6.45, 7) is 0.257. The van der Waals surface area contributed by atoms with E-state index in [1.165, 1.54) is 11.3 Å². The van der Waals surface area contributed by atoms with Crippen molar-refractivity contribution in [2.75, 3.05) is 20.2 Å². The van der Waals surface area contributed by atoms with Gasteiger partial charge in [-0.2, -0.15) is 0 Å². The SMILES string of the molecule is CN1C(=O)NC(=O)C2C1N=C(NC1CCCCC1)N2CC(O)COc1ccccc1. The second-order valence-corrected chi connectivity index (χ2v) is 8.13. The molecular weight excluding hydrogens is 386 g/mol. The van der Waals surface area contributed by atoms with E-state index in [0.29, 0.717) is 11.7 Å². The molecule has 30 heavy (non-hydrogen) atoms. The van der Waals surface area contributed by atoms with E-state index in [9.17, 15) is 14.7 Å². The van der Waals surface area contributed by atoms with Gasteiger partial charge in [-0.3, -0.25) is 10.1 Å². The monoisotopic (exact) mass is 415 g/mol. The van der Waals surface area contributed by atoms with Crippen LogP contribution in [0.15, 0.2) is 35.3 Å². The molecule has 9 nitrogen and oxygen atoms in total. The van der Waals surface area contributed by atoms with E-state index >= 15 is 0 Å². The van der Waals surface area contributed by atoms with Gasteiger partial charge in [0.2, 0.25) is 0 Å². The number of para-hydroxylation sites is 1. The first kappa shape index (κ1) is 20.5. The number of nitrogens with one attached hydrogen (secondary N) is 2. The molecule has 9 heteroatoms. The molecule has 3 N–H and O–H groups in total. The highest BCUT2D eigenvalue weighted by Crippen LogP contribution is 2.25. The molecule has 1 saturated heterocycles. The van der Waals surface area contributed by atoms with Crippen LogP contribution in [0.5, 0.6) is 5.75 Å². The number of hydrogen-bond donors (Lipinski definition) is 3. The van der Waals surface area contributed by atoms with Crippen molar-refractivity contribution in [3.63, 3.8) is 0 Å². The van der Waals surface area contributed by atoms with E-state index in [1.54, 1.807) is 11.9 Å². The van der Waals surface area contributed by atoms with E-state index in [2.05, 4.69) is 15.6 Å². The van der Waals surface area contributed by atoms with Gasteiger partial charge in [-0.1, -0.05) is 37.5 Å². The summed E-state index contributed by atoms with van der Waals surface area (Å²) >= 11 is 0. The molecule has 2 fully saturated rings. The fourth-order valence-corrected chi connectivity index (χ4v) is 4.26. The van der Waals surface area contributed by atoms with E-state index in [0.717, 1.165) is 25.7 Å². The lowest BCUT2D eigenvalue weighted by molar-refractivity contribution is -0.127. The topological polar surface area (TPSA) is 106 Å². The van der Waals surface area contributed by atoms with Crippen molar-refractivity contribution in [2.24, 2.45) is 4.99 Å². The predicted molar refractivity (Wildman–Crippen MR) is 111 cm³/mol. The van der Waals surface area contributed by atoms with Crippen molar-refractivity contribution in [3.8, 4) is 5.75 Å². The zero-order valence-corrected chi connectivity index (χ0v) is 17.2. The van der Waals surface area contributed by atoms with Crippen molar-refractivity contribution in [1.29, 1.82) is 0 Å². The molecule has 1 aromatic rings. The largest absolute Gasteiger partial charge is 0.491 e. The van der Waals surface area contributed by atoms with Crippen LogP contribution in [0.4, 0.5) is 4.79 Å². The number of guanidine groups is 1. The molecular formula is C21H29N5O4. The lowest BCUT2D eigenvalue weighted by atomic mass is 9.96. The fraction of sp³-hybridized carbons (Fsp3) is 0.571. The zero-order valence-electron chi connectivity index (χ0n) is 17.2. The van der Waals surface area contributed by atoms with Crippen LogP contribution in [0.3, 0.4) is 0 Å². The van der Waals surface area contributed by atoms with Crippen molar-refractivity contribution < 1.29 is 19.4 Å². The van der Waals surface area contributed by atoms with Crippen LogP contribution < -0.4 is 15.4 Å². The highest BCUT2D eigenvalue weighted by atomic mass is 16.5. The summed E-state index contributed by atoms with van der Waals surface area (Å²) in [5, 5.41) is 16.5. The van der Waals surface area contributed by atoms with Gasteiger partial charge in [0, 0.05) is 13.1 Å². The van der Waals surface area contributed by atoms with E-state index in [1.807, 2.05) is 30.3 Å². The van der Waals surface area contributed by atoms with Crippen LogP contribution >= 0.6 is 0 Å². The average Bonchev–Trinajstić information content (AvgIpc) is 3.10. The standard InChI is InChI=1S/C21H29N5O4/c1-25-18-17(19(28)24-21(25)29)26(20(23-18)22-14-8-4-2-5-9-14)12-15(27)13-30-16-10-6-3-7-11-16/h3,6-7,10-11,14-15,17-18,27H,2,4-5,8-9,12-13H2,1H3,(H,22,23)(H,24,28,29). The first-order valence-electron chi connectivity index (χ1n) is 10.6. The van der Waals surface area contributed by atoms with Crippen LogP contribution in [0, 0.1) is 0 Å². The Morgan fingerprint density at radius 1 is 1.23 bits per heavy atom. The van der Waals surface area contributed by atoms with Gasteiger partial charge in [0.1, 0.15) is 18.5 Å². The molecule has 3 atom stereocenters. The number of rotatable bonds is 6. The third-order valence-electron chi connectivity index (χ3n) is 5.89. The van der Waals surface area contributed by atoms with Crippen LogP contribution in [0.25, 0.3) is 0 Å². The van der Waals surface area contributed by atoms with Crippen LogP contribution in [-0.2, 0) is 4.79 Å². The second-order valence-electron chi connectivity index (χ2n) is 8.13. The molecule has 0 aromatic heterocycles. The molecule has 1 aliphatic carbocycles. The first-order chi connectivity index (χ1) is 14.5. The van der Waals surface area contributed by atoms with E-state index in [4.69, 9.17) is 4.74 Å². The predicted octanol–water partition coefficient (Wildman–Crippen LogP) is 0.897. The van der Waals surface area contributed by atoms with Gasteiger partial charge < -0.3 is 25.0 Å². The summed E-state index contributed by atoms with van der Waals surface area (Å²) in [5.41, 5.74) is 0. The number of carbonyl (C=O) groups excluding carboxylic acids is 2. The van der Waals surface area contributed by atoms with Gasteiger partial charge in [-0.05, 0) is 25.0 Å². The van der Waals surface area contributed by atoms with Gasteiger partial charge in [-0.25, -0.2) is 9.79 Å². The van der Waals surface area contributed by atoms with Gasteiger partial charge in [0.15, 0.2) is 18.2 Å². The van der Waals surface area contributed by atoms with E-state index < -0.39 is 30.2 Å². The minimum atomic E-state index is -0.835. The minimum absolute atomic E-state index is 0.0883. The fourth-order valence-electron chi connectivity index (χ4n) is 4.26. The third-order valence-corrected chi connectivity index (χ3v) is 5.89. The molecule has 3 unspecified atom stereocenters. The van der Waals surface area contributed by atoms with Crippen LogP contribution in [-0.4, -0.2) is 77.4 Å². The molecule has 2 heterocycles. The molecule has 0 spiro atoms. The number of aliphatic hydroxyl groups is 1. The number of benzene rings is 1. The number of urea groups is 1. The Bertz CT molecular complexity index is 796.